The highest BCUT2D eigenvalue weighted by atomic mass is 28.4. The van der Waals surface area contributed by atoms with Gasteiger partial charge in [0, 0.05) is 0 Å². The van der Waals surface area contributed by atoms with Gasteiger partial charge in [-0.2, -0.15) is 0 Å². The SMILES string of the molecule is CO/C(O[Si](C)(C)C)=C1/CCCCC=C1O[Si](C)(C)C. The summed E-state index contributed by atoms with van der Waals surface area (Å²) in [6, 6.07) is 0. The molecule has 1 rings (SSSR count). The molecule has 116 valence electrons. The molecule has 0 spiro atoms. The van der Waals surface area contributed by atoms with Gasteiger partial charge in [-0.15, -0.1) is 0 Å². The third kappa shape index (κ3) is 6.18. The van der Waals surface area contributed by atoms with Crippen molar-refractivity contribution in [2.75, 3.05) is 7.11 Å². The minimum Gasteiger partial charge on any atom is -0.544 e. The summed E-state index contributed by atoms with van der Waals surface area (Å²) in [5.74, 6) is 1.67. The minimum absolute atomic E-state index is 0.676. The van der Waals surface area contributed by atoms with Crippen LogP contribution in [0.5, 0.6) is 0 Å². The smallest absolute Gasteiger partial charge is 0.272 e. The van der Waals surface area contributed by atoms with Crippen LogP contribution in [0.1, 0.15) is 25.7 Å². The lowest BCUT2D eigenvalue weighted by Gasteiger charge is -2.27. The standard InChI is InChI=1S/C15H30O3Si2/c1-16-15(18-20(5,6)7)13-11-9-8-10-12-14(13)17-19(2,3)4/h12H,8-11H2,1-7H3/b15-13+. The predicted octanol–water partition coefficient (Wildman–Crippen LogP) is 5.01. The van der Waals surface area contributed by atoms with E-state index in [1.165, 1.54) is 6.42 Å². The van der Waals surface area contributed by atoms with E-state index in [1.54, 1.807) is 7.11 Å². The van der Waals surface area contributed by atoms with Gasteiger partial charge in [0.1, 0.15) is 5.76 Å². The molecule has 0 aromatic heterocycles. The second kappa shape index (κ2) is 6.85. The maximum absolute atomic E-state index is 6.27. The van der Waals surface area contributed by atoms with Crippen LogP contribution in [0.4, 0.5) is 0 Å². The number of hydrogen-bond acceptors (Lipinski definition) is 3. The molecule has 1 aliphatic carbocycles. The van der Waals surface area contributed by atoms with Crippen LogP contribution >= 0.6 is 0 Å². The topological polar surface area (TPSA) is 27.7 Å². The van der Waals surface area contributed by atoms with E-state index in [4.69, 9.17) is 13.6 Å². The van der Waals surface area contributed by atoms with Gasteiger partial charge in [-0.05, 0) is 71.0 Å². The molecule has 0 radical (unpaired) electrons. The molecule has 20 heavy (non-hydrogen) atoms. The van der Waals surface area contributed by atoms with Crippen LogP contribution < -0.4 is 0 Å². The van der Waals surface area contributed by atoms with Crippen LogP contribution in [0.15, 0.2) is 23.4 Å². The molecule has 0 aliphatic heterocycles. The Labute approximate surface area is 126 Å². The molecule has 0 unspecified atom stereocenters. The van der Waals surface area contributed by atoms with E-state index in [1.807, 2.05) is 0 Å². The van der Waals surface area contributed by atoms with Crippen LogP contribution in [0, 0.1) is 0 Å². The first-order valence-corrected chi connectivity index (χ1v) is 14.3. The second-order valence-electron chi connectivity index (χ2n) is 7.21. The zero-order chi connectivity index (χ0) is 15.4. The minimum atomic E-state index is -1.68. The summed E-state index contributed by atoms with van der Waals surface area (Å²) in [5.41, 5.74) is 1.12. The molecule has 0 atom stereocenters. The number of hydrogen-bond donors (Lipinski definition) is 0. The van der Waals surface area contributed by atoms with Gasteiger partial charge >= 0.3 is 0 Å². The quantitative estimate of drug-likeness (QED) is 0.527. The lowest BCUT2D eigenvalue weighted by Crippen LogP contribution is -2.28. The lowest BCUT2D eigenvalue weighted by atomic mass is 10.1. The van der Waals surface area contributed by atoms with Crippen molar-refractivity contribution in [3.05, 3.63) is 23.4 Å². The molecule has 0 aromatic rings. The average Bonchev–Trinajstić information content (AvgIpc) is 2.48. The molecule has 0 fully saturated rings. The predicted molar refractivity (Wildman–Crippen MR) is 89.4 cm³/mol. The van der Waals surface area contributed by atoms with Crippen molar-refractivity contribution >= 4 is 16.6 Å². The number of methoxy groups -OCH3 is 1. The first-order chi connectivity index (χ1) is 9.12. The van der Waals surface area contributed by atoms with Gasteiger partial charge in [0.15, 0.2) is 0 Å². The molecule has 0 bridgehead atoms. The Kier molecular flexibility index (Phi) is 5.95. The lowest BCUT2D eigenvalue weighted by molar-refractivity contribution is 0.139. The zero-order valence-electron chi connectivity index (χ0n) is 14.1. The number of ether oxygens (including phenoxy) is 1. The normalized spacial score (nSPS) is 19.9. The van der Waals surface area contributed by atoms with Gasteiger partial charge in [-0.1, -0.05) is 0 Å². The molecule has 0 N–H and O–H groups in total. The van der Waals surface area contributed by atoms with Crippen molar-refractivity contribution < 1.29 is 13.6 Å². The molecule has 1 aliphatic rings. The molecule has 0 saturated heterocycles. The molecule has 0 saturated carbocycles. The zero-order valence-corrected chi connectivity index (χ0v) is 16.1. The maximum atomic E-state index is 6.27. The summed E-state index contributed by atoms with van der Waals surface area (Å²) in [6.07, 6.45) is 6.63. The molecule has 0 aromatic carbocycles. The Bertz CT molecular complexity index is 387. The Morgan fingerprint density at radius 3 is 2.15 bits per heavy atom. The van der Waals surface area contributed by atoms with Crippen molar-refractivity contribution in [3.63, 3.8) is 0 Å². The molecular formula is C15H30O3Si2. The van der Waals surface area contributed by atoms with Crippen LogP contribution in [0.25, 0.3) is 0 Å². The monoisotopic (exact) mass is 314 g/mol. The summed E-state index contributed by atoms with van der Waals surface area (Å²) in [7, 11) is -1.62. The second-order valence-corrected chi connectivity index (χ2v) is 16.1. The number of rotatable bonds is 5. The Hall–Kier alpha value is -0.686. The van der Waals surface area contributed by atoms with E-state index in [0.29, 0.717) is 5.95 Å². The average molecular weight is 315 g/mol. The van der Waals surface area contributed by atoms with Gasteiger partial charge in [0.05, 0.1) is 12.7 Å². The third-order valence-electron chi connectivity index (χ3n) is 2.75. The fraction of sp³-hybridized carbons (Fsp3) is 0.733. The van der Waals surface area contributed by atoms with Crippen molar-refractivity contribution in [1.82, 2.24) is 0 Å². The highest BCUT2D eigenvalue weighted by Gasteiger charge is 2.27. The Morgan fingerprint density at radius 1 is 1.00 bits per heavy atom. The summed E-state index contributed by atoms with van der Waals surface area (Å²) in [4.78, 5) is 0. The van der Waals surface area contributed by atoms with Gasteiger partial charge in [-0.25, -0.2) is 0 Å². The van der Waals surface area contributed by atoms with E-state index in [-0.39, 0.29) is 0 Å². The first-order valence-electron chi connectivity index (χ1n) is 7.48. The molecule has 3 nitrogen and oxygen atoms in total. The van der Waals surface area contributed by atoms with Gasteiger partial charge in [-0.3, -0.25) is 0 Å². The van der Waals surface area contributed by atoms with E-state index in [9.17, 15) is 0 Å². The first kappa shape index (κ1) is 17.4. The number of allylic oxidation sites excluding steroid dienone is 2. The van der Waals surface area contributed by atoms with E-state index < -0.39 is 16.6 Å². The summed E-state index contributed by atoms with van der Waals surface area (Å²) >= 11 is 0. The van der Waals surface area contributed by atoms with Gasteiger partial charge in [0.2, 0.25) is 16.6 Å². The van der Waals surface area contributed by atoms with E-state index >= 15 is 0 Å². The van der Waals surface area contributed by atoms with Crippen LogP contribution in [0.3, 0.4) is 0 Å². The van der Waals surface area contributed by atoms with Crippen LogP contribution in [-0.4, -0.2) is 23.7 Å². The van der Waals surface area contributed by atoms with Crippen molar-refractivity contribution in [2.24, 2.45) is 0 Å². The Morgan fingerprint density at radius 2 is 1.65 bits per heavy atom. The van der Waals surface area contributed by atoms with Crippen molar-refractivity contribution in [3.8, 4) is 0 Å². The fourth-order valence-corrected chi connectivity index (χ4v) is 3.70. The highest BCUT2D eigenvalue weighted by Crippen LogP contribution is 2.31. The Balaban J connectivity index is 3.11. The summed E-state index contributed by atoms with van der Waals surface area (Å²) < 4.78 is 17.9. The molecule has 5 heteroatoms. The van der Waals surface area contributed by atoms with Crippen molar-refractivity contribution in [2.45, 2.75) is 65.0 Å². The molecule has 0 heterocycles. The van der Waals surface area contributed by atoms with E-state index in [0.717, 1.165) is 30.6 Å². The van der Waals surface area contributed by atoms with Crippen LogP contribution in [-0.2, 0) is 13.6 Å². The van der Waals surface area contributed by atoms with Gasteiger partial charge < -0.3 is 13.6 Å². The summed E-state index contributed by atoms with van der Waals surface area (Å²) in [6.45, 7) is 13.1. The molecule has 0 amide bonds. The summed E-state index contributed by atoms with van der Waals surface area (Å²) in [5, 5.41) is 0. The largest absolute Gasteiger partial charge is 0.544 e. The molecular weight excluding hydrogens is 284 g/mol. The third-order valence-corrected chi connectivity index (χ3v) is 4.38. The maximum Gasteiger partial charge on any atom is 0.272 e. The van der Waals surface area contributed by atoms with Crippen LogP contribution in [0.2, 0.25) is 39.3 Å². The van der Waals surface area contributed by atoms with E-state index in [2.05, 4.69) is 45.4 Å². The fourth-order valence-electron chi connectivity index (χ4n) is 2.07. The highest BCUT2D eigenvalue weighted by molar-refractivity contribution is 6.70. The van der Waals surface area contributed by atoms with Crippen molar-refractivity contribution in [1.29, 1.82) is 0 Å². The van der Waals surface area contributed by atoms with Gasteiger partial charge in [0.25, 0.3) is 5.95 Å².